The molecule has 3 heteroatoms. The van der Waals surface area contributed by atoms with Gasteiger partial charge in [0.15, 0.2) is 0 Å². The SMILES string of the molecule is C1=C[N]c2ccccc2C=1.[Br-].[Zn]. The summed E-state index contributed by atoms with van der Waals surface area (Å²) in [5.74, 6) is 0. The summed E-state index contributed by atoms with van der Waals surface area (Å²) >= 11 is 0. The number of rotatable bonds is 0. The molecular formula is C9H6BrNZn-. The standard InChI is InChI=1S/C9H6N.BrH.Zn/c1-2-6-9-8(4-1)5-3-7-10-9;;/h1-2,4-7H;1H;/p-1. The van der Waals surface area contributed by atoms with Gasteiger partial charge in [0.05, 0.1) is 11.9 Å². The Morgan fingerprint density at radius 3 is 2.67 bits per heavy atom. The molecule has 0 saturated heterocycles. The molecule has 0 spiro atoms. The van der Waals surface area contributed by atoms with Gasteiger partial charge in [-0.25, -0.2) is 5.32 Å². The van der Waals surface area contributed by atoms with Gasteiger partial charge in [0, 0.05) is 25.0 Å². The molecule has 0 unspecified atom stereocenters. The Morgan fingerprint density at radius 2 is 1.92 bits per heavy atom. The van der Waals surface area contributed by atoms with E-state index in [1.807, 2.05) is 30.3 Å². The summed E-state index contributed by atoms with van der Waals surface area (Å²) in [5.41, 5.74) is 5.10. The molecule has 57 valence electrons. The molecule has 0 bridgehead atoms. The number of hydrogen-bond donors (Lipinski definition) is 0. The second-order valence-corrected chi connectivity index (χ2v) is 2.13. The summed E-state index contributed by atoms with van der Waals surface area (Å²) in [6, 6.07) is 8.00. The van der Waals surface area contributed by atoms with E-state index in [2.05, 4.69) is 11.0 Å². The number of benzene rings is 1. The summed E-state index contributed by atoms with van der Waals surface area (Å²) in [6.07, 6.45) is 3.62. The molecule has 1 aliphatic heterocycles. The van der Waals surface area contributed by atoms with Crippen molar-refractivity contribution in [3.05, 3.63) is 41.8 Å². The van der Waals surface area contributed by atoms with Gasteiger partial charge in [0.1, 0.15) is 0 Å². The van der Waals surface area contributed by atoms with Gasteiger partial charge in [-0.15, -0.1) is 5.73 Å². The molecule has 12 heavy (non-hydrogen) atoms. The van der Waals surface area contributed by atoms with Crippen LogP contribution in [0.5, 0.6) is 0 Å². The normalized spacial score (nSPS) is 10.3. The fraction of sp³-hybridized carbons (Fsp3) is 0. The Morgan fingerprint density at radius 1 is 1.17 bits per heavy atom. The van der Waals surface area contributed by atoms with E-state index in [0.717, 1.165) is 11.3 Å². The van der Waals surface area contributed by atoms with Gasteiger partial charge in [0.25, 0.3) is 0 Å². The Balaban J connectivity index is 0.000000605. The Kier molecular flexibility index (Phi) is 5.16. The summed E-state index contributed by atoms with van der Waals surface area (Å²) in [6.45, 7) is 0. The zero-order valence-electron chi connectivity index (χ0n) is 6.50. The van der Waals surface area contributed by atoms with Crippen LogP contribution < -0.4 is 22.3 Å². The zero-order chi connectivity index (χ0) is 6.81. The van der Waals surface area contributed by atoms with Crippen LogP contribution in [0.4, 0.5) is 5.69 Å². The molecule has 2 rings (SSSR count). The van der Waals surface area contributed by atoms with Crippen molar-refractivity contribution in [2.75, 3.05) is 0 Å². The van der Waals surface area contributed by atoms with E-state index in [-0.39, 0.29) is 36.5 Å². The molecule has 0 aromatic heterocycles. The second kappa shape index (κ2) is 5.32. The van der Waals surface area contributed by atoms with Crippen molar-refractivity contribution in [1.82, 2.24) is 5.32 Å². The number of hydrogen-bond acceptors (Lipinski definition) is 0. The molecule has 0 aliphatic carbocycles. The summed E-state index contributed by atoms with van der Waals surface area (Å²) in [5, 5.41) is 4.13. The first-order chi connectivity index (χ1) is 4.97. The van der Waals surface area contributed by atoms with Crippen molar-refractivity contribution < 1.29 is 36.5 Å². The van der Waals surface area contributed by atoms with Gasteiger partial charge in [-0.05, 0) is 12.1 Å². The first-order valence-corrected chi connectivity index (χ1v) is 3.18. The van der Waals surface area contributed by atoms with Crippen molar-refractivity contribution in [3.8, 4) is 0 Å². The maximum Gasteiger partial charge on any atom is 0.0715 e. The largest absolute Gasteiger partial charge is 1.00 e. The molecule has 0 amide bonds. The van der Waals surface area contributed by atoms with E-state index in [0.29, 0.717) is 0 Å². The van der Waals surface area contributed by atoms with Gasteiger partial charge in [0.2, 0.25) is 0 Å². The second-order valence-electron chi connectivity index (χ2n) is 2.13. The molecular weight excluding hydrogens is 267 g/mol. The van der Waals surface area contributed by atoms with Crippen LogP contribution in [0, 0.1) is 0 Å². The number of nitrogens with zero attached hydrogens (tertiary/aromatic N) is 1. The predicted molar refractivity (Wildman–Crippen MR) is 40.8 cm³/mol. The fourth-order valence-corrected chi connectivity index (χ4v) is 0.961. The number of halogens is 1. The van der Waals surface area contributed by atoms with Gasteiger partial charge < -0.3 is 17.0 Å². The third kappa shape index (κ3) is 2.31. The average Bonchev–Trinajstić information content (AvgIpc) is 2.05. The van der Waals surface area contributed by atoms with Crippen LogP contribution in [0.1, 0.15) is 5.56 Å². The molecule has 1 heterocycles. The maximum absolute atomic E-state index is 4.13. The fourth-order valence-electron chi connectivity index (χ4n) is 0.961. The minimum atomic E-state index is 0. The van der Waals surface area contributed by atoms with E-state index in [1.165, 1.54) is 0 Å². The van der Waals surface area contributed by atoms with Crippen LogP contribution in [0.3, 0.4) is 0 Å². The first-order valence-electron chi connectivity index (χ1n) is 3.18. The molecule has 0 atom stereocenters. The Hall–Kier alpha value is -0.357. The summed E-state index contributed by atoms with van der Waals surface area (Å²) in [7, 11) is 0. The van der Waals surface area contributed by atoms with Crippen molar-refractivity contribution in [2.45, 2.75) is 0 Å². The molecule has 1 nitrogen and oxygen atoms in total. The molecule has 1 aliphatic rings. The summed E-state index contributed by atoms with van der Waals surface area (Å²) in [4.78, 5) is 0. The topological polar surface area (TPSA) is 14.1 Å². The quantitative estimate of drug-likeness (QED) is 0.428. The van der Waals surface area contributed by atoms with Gasteiger partial charge in [-0.2, -0.15) is 0 Å². The van der Waals surface area contributed by atoms with Crippen molar-refractivity contribution in [3.63, 3.8) is 0 Å². The van der Waals surface area contributed by atoms with Crippen LogP contribution in [0.2, 0.25) is 0 Å². The van der Waals surface area contributed by atoms with Crippen LogP contribution in [0.15, 0.2) is 36.2 Å². The average molecular weight is 273 g/mol. The van der Waals surface area contributed by atoms with Gasteiger partial charge >= 0.3 is 0 Å². The van der Waals surface area contributed by atoms with Crippen LogP contribution in [0.25, 0.3) is 6.08 Å². The zero-order valence-corrected chi connectivity index (χ0v) is 11.0. The van der Waals surface area contributed by atoms with E-state index in [9.17, 15) is 0 Å². The molecule has 1 aromatic carbocycles. The smallest absolute Gasteiger partial charge is 0.0715 e. The molecule has 0 saturated carbocycles. The monoisotopic (exact) mass is 271 g/mol. The molecule has 1 aromatic rings. The third-order valence-electron chi connectivity index (χ3n) is 1.45. The Labute approximate surface area is 95.1 Å². The minimum absolute atomic E-state index is 0. The van der Waals surface area contributed by atoms with Crippen LogP contribution in [-0.2, 0) is 19.5 Å². The van der Waals surface area contributed by atoms with E-state index >= 15 is 0 Å². The maximum atomic E-state index is 4.13. The van der Waals surface area contributed by atoms with E-state index < -0.39 is 0 Å². The van der Waals surface area contributed by atoms with E-state index in [1.54, 1.807) is 6.20 Å². The minimum Gasteiger partial charge on any atom is -1.00 e. The predicted octanol–water partition coefficient (Wildman–Crippen LogP) is -0.937. The van der Waals surface area contributed by atoms with Crippen molar-refractivity contribution in [1.29, 1.82) is 0 Å². The molecule has 0 N–H and O–H groups in total. The van der Waals surface area contributed by atoms with Crippen molar-refractivity contribution >= 4 is 11.8 Å². The van der Waals surface area contributed by atoms with E-state index in [4.69, 9.17) is 0 Å². The van der Waals surface area contributed by atoms with Crippen LogP contribution >= 0.6 is 0 Å². The number of para-hydroxylation sites is 1. The van der Waals surface area contributed by atoms with Gasteiger partial charge in [-0.1, -0.05) is 18.2 Å². The van der Waals surface area contributed by atoms with Crippen LogP contribution in [-0.4, -0.2) is 0 Å². The molecule has 1 radical (unpaired) electrons. The van der Waals surface area contributed by atoms with Crippen molar-refractivity contribution in [2.24, 2.45) is 0 Å². The summed E-state index contributed by atoms with van der Waals surface area (Å²) < 4.78 is 0. The Bertz CT molecular complexity index is 316. The molecule has 0 fully saturated rings. The number of fused-ring (bicyclic) bond motifs is 1. The third-order valence-corrected chi connectivity index (χ3v) is 1.45. The first kappa shape index (κ1) is 11.6. The van der Waals surface area contributed by atoms with Gasteiger partial charge in [-0.3, -0.25) is 0 Å².